The van der Waals surface area contributed by atoms with E-state index in [0.717, 1.165) is 16.5 Å². The van der Waals surface area contributed by atoms with Gasteiger partial charge in [0, 0.05) is 43.7 Å². The second-order valence-corrected chi connectivity index (χ2v) is 6.11. The lowest BCUT2D eigenvalue weighted by atomic mass is 10.0. The van der Waals surface area contributed by atoms with Crippen molar-refractivity contribution in [3.63, 3.8) is 0 Å². The number of aromatic amines is 1. The number of hydrogen-bond donors (Lipinski definition) is 1. The Morgan fingerprint density at radius 2 is 2.21 bits per heavy atom. The van der Waals surface area contributed by atoms with Crippen molar-refractivity contribution in [3.8, 4) is 0 Å². The molecule has 1 aliphatic heterocycles. The number of aryl methyl sites for hydroxylation is 1. The minimum Gasteiger partial charge on any atom is -0.361 e. The molecule has 0 spiro atoms. The number of halogens is 1. The standard InChI is InChI=1S/C18H20FN3O2/c1-3-17(23)21(2)14-10-22(11-14)18(24)7-4-12-9-20-16-6-5-13(19)8-15(12)16/h3,5-6,8-9,14,20H,1,4,7,10-11H2,2H3. The van der Waals surface area contributed by atoms with Gasteiger partial charge in [-0.1, -0.05) is 6.58 Å². The summed E-state index contributed by atoms with van der Waals surface area (Å²) in [6.07, 6.45) is 4.04. The summed E-state index contributed by atoms with van der Waals surface area (Å²) in [6.45, 7) is 4.57. The van der Waals surface area contributed by atoms with E-state index < -0.39 is 0 Å². The topological polar surface area (TPSA) is 56.4 Å². The maximum Gasteiger partial charge on any atom is 0.246 e. The molecule has 1 fully saturated rings. The third-order valence-corrected chi connectivity index (χ3v) is 4.62. The Morgan fingerprint density at radius 1 is 1.46 bits per heavy atom. The molecule has 1 aliphatic rings. The first kappa shape index (κ1) is 16.2. The zero-order valence-corrected chi connectivity index (χ0v) is 13.6. The summed E-state index contributed by atoms with van der Waals surface area (Å²) >= 11 is 0. The van der Waals surface area contributed by atoms with Gasteiger partial charge in [0.2, 0.25) is 11.8 Å². The number of nitrogens with one attached hydrogen (secondary N) is 1. The first-order valence-corrected chi connectivity index (χ1v) is 7.92. The number of benzene rings is 1. The van der Waals surface area contributed by atoms with E-state index in [2.05, 4.69) is 11.6 Å². The summed E-state index contributed by atoms with van der Waals surface area (Å²) in [5, 5.41) is 0.820. The Hall–Kier alpha value is -2.63. The van der Waals surface area contributed by atoms with E-state index in [1.165, 1.54) is 18.2 Å². The summed E-state index contributed by atoms with van der Waals surface area (Å²) in [5.74, 6) is -0.362. The zero-order valence-electron chi connectivity index (χ0n) is 13.6. The van der Waals surface area contributed by atoms with E-state index in [9.17, 15) is 14.0 Å². The molecule has 5 nitrogen and oxygen atoms in total. The van der Waals surface area contributed by atoms with Crippen LogP contribution in [-0.2, 0) is 16.0 Å². The Morgan fingerprint density at radius 3 is 2.92 bits per heavy atom. The van der Waals surface area contributed by atoms with Gasteiger partial charge in [0.1, 0.15) is 5.82 Å². The number of H-pyrrole nitrogens is 1. The lowest BCUT2D eigenvalue weighted by Crippen LogP contribution is -2.61. The van der Waals surface area contributed by atoms with E-state index in [4.69, 9.17) is 0 Å². The van der Waals surface area contributed by atoms with Gasteiger partial charge in [-0.05, 0) is 36.3 Å². The molecule has 0 bridgehead atoms. The molecule has 0 saturated carbocycles. The number of hydrogen-bond acceptors (Lipinski definition) is 2. The van der Waals surface area contributed by atoms with Crippen molar-refractivity contribution in [2.75, 3.05) is 20.1 Å². The van der Waals surface area contributed by atoms with Gasteiger partial charge in [0.15, 0.2) is 0 Å². The molecule has 3 rings (SSSR count). The quantitative estimate of drug-likeness (QED) is 0.854. The minimum atomic E-state index is -0.282. The average Bonchev–Trinajstić information content (AvgIpc) is 2.92. The highest BCUT2D eigenvalue weighted by Gasteiger charge is 2.34. The number of likely N-dealkylation sites (N-methyl/N-ethyl adjacent to an activating group) is 1. The normalized spacial score (nSPS) is 14.5. The van der Waals surface area contributed by atoms with Crippen LogP contribution in [0.25, 0.3) is 10.9 Å². The predicted molar refractivity (Wildman–Crippen MR) is 89.9 cm³/mol. The van der Waals surface area contributed by atoms with Crippen LogP contribution in [0.2, 0.25) is 0 Å². The van der Waals surface area contributed by atoms with Crippen LogP contribution >= 0.6 is 0 Å². The van der Waals surface area contributed by atoms with Crippen molar-refractivity contribution in [2.45, 2.75) is 18.9 Å². The van der Waals surface area contributed by atoms with E-state index in [-0.39, 0.29) is 23.7 Å². The largest absolute Gasteiger partial charge is 0.361 e. The zero-order chi connectivity index (χ0) is 17.3. The van der Waals surface area contributed by atoms with Crippen LogP contribution in [0.15, 0.2) is 37.1 Å². The fraction of sp³-hybridized carbons (Fsp3) is 0.333. The van der Waals surface area contributed by atoms with Crippen molar-refractivity contribution in [1.82, 2.24) is 14.8 Å². The van der Waals surface area contributed by atoms with Gasteiger partial charge in [0.25, 0.3) is 0 Å². The summed E-state index contributed by atoms with van der Waals surface area (Å²) < 4.78 is 13.4. The molecule has 0 atom stereocenters. The molecule has 0 radical (unpaired) electrons. The Kier molecular flexibility index (Phi) is 4.38. The fourth-order valence-corrected chi connectivity index (χ4v) is 2.99. The molecule has 24 heavy (non-hydrogen) atoms. The third kappa shape index (κ3) is 3.04. The van der Waals surface area contributed by atoms with E-state index in [1.54, 1.807) is 22.9 Å². The molecule has 1 N–H and O–H groups in total. The van der Waals surface area contributed by atoms with Crippen LogP contribution in [0.5, 0.6) is 0 Å². The van der Waals surface area contributed by atoms with Crippen molar-refractivity contribution in [2.24, 2.45) is 0 Å². The first-order chi connectivity index (χ1) is 11.5. The number of fused-ring (bicyclic) bond motifs is 1. The number of nitrogens with zero attached hydrogens (tertiary/aromatic N) is 2. The van der Waals surface area contributed by atoms with Crippen LogP contribution in [0.4, 0.5) is 4.39 Å². The van der Waals surface area contributed by atoms with E-state index in [1.807, 2.05) is 6.20 Å². The highest BCUT2D eigenvalue weighted by molar-refractivity contribution is 5.87. The number of carbonyl (C=O) groups is 2. The fourth-order valence-electron chi connectivity index (χ4n) is 2.99. The van der Waals surface area contributed by atoms with Gasteiger partial charge in [-0.3, -0.25) is 9.59 Å². The van der Waals surface area contributed by atoms with Crippen LogP contribution in [-0.4, -0.2) is 52.8 Å². The molecule has 2 aromatic rings. The van der Waals surface area contributed by atoms with Crippen molar-refractivity contribution in [1.29, 1.82) is 0 Å². The van der Waals surface area contributed by atoms with Crippen molar-refractivity contribution < 1.29 is 14.0 Å². The molecular formula is C18H20FN3O2. The molecule has 2 heterocycles. The number of aromatic nitrogens is 1. The molecule has 2 amide bonds. The summed E-state index contributed by atoms with van der Waals surface area (Å²) in [4.78, 5) is 30.2. The van der Waals surface area contributed by atoms with Crippen LogP contribution in [0.3, 0.4) is 0 Å². The van der Waals surface area contributed by atoms with E-state index >= 15 is 0 Å². The molecule has 1 saturated heterocycles. The highest BCUT2D eigenvalue weighted by atomic mass is 19.1. The Labute approximate surface area is 139 Å². The predicted octanol–water partition coefficient (Wildman–Crippen LogP) is 2.09. The van der Waals surface area contributed by atoms with Gasteiger partial charge in [-0.25, -0.2) is 4.39 Å². The third-order valence-electron chi connectivity index (χ3n) is 4.62. The van der Waals surface area contributed by atoms with Gasteiger partial charge in [-0.2, -0.15) is 0 Å². The lowest BCUT2D eigenvalue weighted by Gasteiger charge is -2.43. The molecule has 6 heteroatoms. The number of amides is 2. The van der Waals surface area contributed by atoms with Crippen molar-refractivity contribution in [3.05, 3.63) is 48.4 Å². The van der Waals surface area contributed by atoms with Gasteiger partial charge >= 0.3 is 0 Å². The molecule has 0 unspecified atom stereocenters. The maximum absolute atomic E-state index is 13.4. The highest BCUT2D eigenvalue weighted by Crippen LogP contribution is 2.22. The average molecular weight is 329 g/mol. The molecule has 126 valence electrons. The van der Waals surface area contributed by atoms with Crippen LogP contribution in [0.1, 0.15) is 12.0 Å². The maximum atomic E-state index is 13.4. The SMILES string of the molecule is C=CC(=O)N(C)C1CN(C(=O)CCc2c[nH]c3ccc(F)cc23)C1. The van der Waals surface area contributed by atoms with Crippen molar-refractivity contribution >= 4 is 22.7 Å². The van der Waals surface area contributed by atoms with Crippen LogP contribution in [0, 0.1) is 5.82 Å². The summed E-state index contributed by atoms with van der Waals surface area (Å²) in [6, 6.07) is 4.65. The lowest BCUT2D eigenvalue weighted by molar-refractivity contribution is -0.143. The van der Waals surface area contributed by atoms with Gasteiger partial charge < -0.3 is 14.8 Å². The number of rotatable bonds is 5. The number of carbonyl (C=O) groups excluding carboxylic acids is 2. The molecule has 1 aromatic carbocycles. The smallest absolute Gasteiger partial charge is 0.246 e. The first-order valence-electron chi connectivity index (χ1n) is 7.92. The molecule has 1 aromatic heterocycles. The Bertz CT molecular complexity index is 793. The Balaban J connectivity index is 1.54. The van der Waals surface area contributed by atoms with Gasteiger partial charge in [-0.15, -0.1) is 0 Å². The molecule has 0 aliphatic carbocycles. The summed E-state index contributed by atoms with van der Waals surface area (Å²) in [5.41, 5.74) is 1.81. The monoisotopic (exact) mass is 329 g/mol. The van der Waals surface area contributed by atoms with E-state index in [0.29, 0.717) is 25.9 Å². The molecular weight excluding hydrogens is 309 g/mol. The second kappa shape index (κ2) is 6.47. The second-order valence-electron chi connectivity index (χ2n) is 6.11. The minimum absolute atomic E-state index is 0.0523. The summed E-state index contributed by atoms with van der Waals surface area (Å²) in [7, 11) is 1.72. The van der Waals surface area contributed by atoms with Gasteiger partial charge in [0.05, 0.1) is 6.04 Å². The van der Waals surface area contributed by atoms with Crippen LogP contribution < -0.4 is 0 Å². The number of likely N-dealkylation sites (tertiary alicyclic amines) is 1.